The molecule has 0 aliphatic carbocycles. The first-order valence-corrected chi connectivity index (χ1v) is 8.55. The van der Waals surface area contributed by atoms with Crippen molar-refractivity contribution in [3.05, 3.63) is 77.4 Å². The smallest absolute Gasteiger partial charge is 0.259 e. The van der Waals surface area contributed by atoms with Crippen LogP contribution in [0.5, 0.6) is 0 Å². The Bertz CT molecular complexity index is 852. The molecule has 0 spiro atoms. The highest BCUT2D eigenvalue weighted by molar-refractivity contribution is 6.10. The maximum Gasteiger partial charge on any atom is 0.259 e. The van der Waals surface area contributed by atoms with E-state index in [-0.39, 0.29) is 11.8 Å². The van der Waals surface area contributed by atoms with Gasteiger partial charge >= 0.3 is 0 Å². The number of benzene rings is 2. The second kappa shape index (κ2) is 5.88. The van der Waals surface area contributed by atoms with Crippen molar-refractivity contribution in [2.24, 2.45) is 0 Å². The number of hydrogen-bond donors (Lipinski definition) is 0. The van der Waals surface area contributed by atoms with Crippen molar-refractivity contribution in [1.82, 2.24) is 9.80 Å². The fourth-order valence-corrected chi connectivity index (χ4v) is 3.77. The van der Waals surface area contributed by atoms with Gasteiger partial charge in [-0.15, -0.1) is 0 Å². The molecule has 0 bridgehead atoms. The Kier molecular flexibility index (Phi) is 3.68. The summed E-state index contributed by atoms with van der Waals surface area (Å²) in [5.74, 6) is -0.171. The van der Waals surface area contributed by atoms with Crippen LogP contribution in [0.15, 0.2) is 55.1 Å². The molecule has 2 heterocycles. The summed E-state index contributed by atoms with van der Waals surface area (Å²) >= 11 is 0. The van der Waals surface area contributed by atoms with Crippen molar-refractivity contribution >= 4 is 17.5 Å². The summed E-state index contributed by atoms with van der Waals surface area (Å²) < 4.78 is 0. The fourth-order valence-electron chi connectivity index (χ4n) is 3.77. The number of carbonyl (C=O) groups excluding carboxylic acids is 2. The summed E-state index contributed by atoms with van der Waals surface area (Å²) in [6.45, 7) is 7.12. The SMILES string of the molecule is C=C1c2ccccc2C(=O)N1[C@H](C)C(=O)N1CCc2ccccc2C1. The van der Waals surface area contributed by atoms with Gasteiger partial charge in [0.1, 0.15) is 6.04 Å². The molecule has 0 radical (unpaired) electrons. The zero-order valence-electron chi connectivity index (χ0n) is 14.2. The van der Waals surface area contributed by atoms with Crippen molar-refractivity contribution in [3.8, 4) is 0 Å². The number of hydrogen-bond acceptors (Lipinski definition) is 2. The second-order valence-electron chi connectivity index (χ2n) is 6.62. The van der Waals surface area contributed by atoms with Crippen molar-refractivity contribution < 1.29 is 9.59 Å². The molecule has 0 aromatic heterocycles. The minimum Gasteiger partial charge on any atom is -0.336 e. The normalized spacial score (nSPS) is 17.3. The Morgan fingerprint density at radius 3 is 2.40 bits per heavy atom. The summed E-state index contributed by atoms with van der Waals surface area (Å²) in [5, 5.41) is 0. The van der Waals surface area contributed by atoms with Gasteiger partial charge in [-0.3, -0.25) is 14.5 Å². The molecule has 2 aliphatic rings. The molecule has 126 valence electrons. The van der Waals surface area contributed by atoms with E-state index in [1.54, 1.807) is 13.0 Å². The molecule has 2 amide bonds. The highest BCUT2D eigenvalue weighted by Gasteiger charge is 2.38. The average Bonchev–Trinajstić information content (AvgIpc) is 2.91. The molecule has 0 N–H and O–H groups in total. The topological polar surface area (TPSA) is 40.6 Å². The van der Waals surface area contributed by atoms with E-state index >= 15 is 0 Å². The van der Waals surface area contributed by atoms with Crippen molar-refractivity contribution in [2.45, 2.75) is 25.9 Å². The predicted molar refractivity (Wildman–Crippen MR) is 96.7 cm³/mol. The van der Waals surface area contributed by atoms with Crippen LogP contribution >= 0.6 is 0 Å². The van der Waals surface area contributed by atoms with Crippen LogP contribution in [-0.2, 0) is 17.8 Å². The molecular weight excluding hydrogens is 312 g/mol. The highest BCUT2D eigenvalue weighted by Crippen LogP contribution is 2.33. The number of carbonyl (C=O) groups is 2. The lowest BCUT2D eigenvalue weighted by Gasteiger charge is -2.34. The van der Waals surface area contributed by atoms with Gasteiger partial charge in [-0.05, 0) is 30.5 Å². The van der Waals surface area contributed by atoms with Crippen LogP contribution < -0.4 is 0 Å². The molecule has 2 aromatic carbocycles. The molecule has 0 fully saturated rings. The van der Waals surface area contributed by atoms with Crippen LogP contribution in [0.1, 0.15) is 34.0 Å². The van der Waals surface area contributed by atoms with Crippen LogP contribution in [0.4, 0.5) is 0 Å². The van der Waals surface area contributed by atoms with Crippen molar-refractivity contribution in [2.75, 3.05) is 6.54 Å². The molecule has 4 heteroatoms. The lowest BCUT2D eigenvalue weighted by molar-refractivity contribution is -0.135. The van der Waals surface area contributed by atoms with E-state index in [9.17, 15) is 9.59 Å². The molecule has 0 saturated carbocycles. The van der Waals surface area contributed by atoms with Gasteiger partial charge in [0.25, 0.3) is 5.91 Å². The molecule has 2 aromatic rings. The Morgan fingerprint density at radius 1 is 1.04 bits per heavy atom. The van der Waals surface area contributed by atoms with Crippen LogP contribution in [0.25, 0.3) is 5.70 Å². The molecule has 0 unspecified atom stereocenters. The Labute approximate surface area is 147 Å². The zero-order chi connectivity index (χ0) is 17.6. The number of fused-ring (bicyclic) bond motifs is 2. The first kappa shape index (κ1) is 15.6. The maximum absolute atomic E-state index is 13.0. The zero-order valence-corrected chi connectivity index (χ0v) is 14.2. The summed E-state index contributed by atoms with van der Waals surface area (Å²) in [7, 11) is 0. The highest BCUT2D eigenvalue weighted by atomic mass is 16.2. The Morgan fingerprint density at radius 2 is 1.68 bits per heavy atom. The fraction of sp³-hybridized carbons (Fsp3) is 0.238. The third-order valence-electron chi connectivity index (χ3n) is 5.16. The van der Waals surface area contributed by atoms with Crippen molar-refractivity contribution in [3.63, 3.8) is 0 Å². The van der Waals surface area contributed by atoms with E-state index < -0.39 is 6.04 Å². The summed E-state index contributed by atoms with van der Waals surface area (Å²) in [5.41, 5.74) is 4.53. The Hall–Kier alpha value is -2.88. The summed E-state index contributed by atoms with van der Waals surface area (Å²) in [6.07, 6.45) is 0.851. The van der Waals surface area contributed by atoms with Crippen molar-refractivity contribution in [1.29, 1.82) is 0 Å². The predicted octanol–water partition coefficient (Wildman–Crippen LogP) is 3.09. The molecular formula is C21H20N2O2. The standard InChI is InChI=1S/C21H20N2O2/c1-14-18-9-5-6-10-19(18)21(25)23(14)15(2)20(24)22-12-11-16-7-3-4-8-17(16)13-22/h3-10,15H,1,11-13H2,2H3/t15-/m1/s1. The van der Waals surface area contributed by atoms with E-state index in [1.807, 2.05) is 35.2 Å². The summed E-state index contributed by atoms with van der Waals surface area (Å²) in [4.78, 5) is 29.1. The van der Waals surface area contributed by atoms with E-state index in [4.69, 9.17) is 0 Å². The summed E-state index contributed by atoms with van der Waals surface area (Å²) in [6, 6.07) is 15.0. The van der Waals surface area contributed by atoms with Crippen LogP contribution in [-0.4, -0.2) is 34.2 Å². The quantitative estimate of drug-likeness (QED) is 0.848. The number of rotatable bonds is 2. The van der Waals surface area contributed by atoms with Gasteiger partial charge in [0.05, 0.1) is 0 Å². The third kappa shape index (κ3) is 2.45. The maximum atomic E-state index is 13.0. The average molecular weight is 332 g/mol. The van der Waals surface area contributed by atoms with Crippen LogP contribution in [0, 0.1) is 0 Å². The largest absolute Gasteiger partial charge is 0.336 e. The van der Waals surface area contributed by atoms with Gasteiger partial charge in [-0.1, -0.05) is 49.0 Å². The van der Waals surface area contributed by atoms with Gasteiger partial charge in [0.15, 0.2) is 0 Å². The number of amides is 2. The number of nitrogens with zero attached hydrogens (tertiary/aromatic N) is 2. The van der Waals surface area contributed by atoms with E-state index in [0.29, 0.717) is 24.4 Å². The van der Waals surface area contributed by atoms with E-state index in [1.165, 1.54) is 16.0 Å². The molecule has 1 atom stereocenters. The molecule has 4 rings (SSSR count). The molecule has 0 saturated heterocycles. The van der Waals surface area contributed by atoms with Gasteiger partial charge < -0.3 is 4.90 Å². The molecule has 2 aliphatic heterocycles. The molecule has 4 nitrogen and oxygen atoms in total. The minimum absolute atomic E-state index is 0.0307. The van der Waals surface area contributed by atoms with E-state index in [2.05, 4.69) is 18.7 Å². The second-order valence-corrected chi connectivity index (χ2v) is 6.62. The van der Waals surface area contributed by atoms with Gasteiger partial charge in [-0.2, -0.15) is 0 Å². The van der Waals surface area contributed by atoms with Gasteiger partial charge in [0.2, 0.25) is 5.91 Å². The van der Waals surface area contributed by atoms with Crippen LogP contribution in [0.2, 0.25) is 0 Å². The van der Waals surface area contributed by atoms with Crippen LogP contribution in [0.3, 0.4) is 0 Å². The first-order chi connectivity index (χ1) is 12.1. The Balaban J connectivity index is 1.56. The lowest BCUT2D eigenvalue weighted by Crippen LogP contribution is -2.48. The first-order valence-electron chi connectivity index (χ1n) is 8.55. The minimum atomic E-state index is -0.558. The van der Waals surface area contributed by atoms with E-state index in [0.717, 1.165) is 12.0 Å². The third-order valence-corrected chi connectivity index (χ3v) is 5.16. The lowest BCUT2D eigenvalue weighted by atomic mass is 9.99. The monoisotopic (exact) mass is 332 g/mol. The van der Waals surface area contributed by atoms with Gasteiger partial charge in [-0.25, -0.2) is 0 Å². The van der Waals surface area contributed by atoms with Gasteiger partial charge in [0, 0.05) is 29.9 Å². The molecule has 25 heavy (non-hydrogen) atoms.